The number of nitrogens with one attached hydrogen (secondary N) is 1. The Morgan fingerprint density at radius 1 is 1.45 bits per heavy atom. The Morgan fingerprint density at radius 3 is 2.70 bits per heavy atom. The SMILES string of the molecule is CCC1(CC)[C@@H](OC)C[C@H]1NC(=O)[C@H]1CN(C)CCO1. The van der Waals surface area contributed by atoms with Gasteiger partial charge in [0.05, 0.1) is 12.7 Å². The maximum Gasteiger partial charge on any atom is 0.250 e. The quantitative estimate of drug-likeness (QED) is 0.819. The summed E-state index contributed by atoms with van der Waals surface area (Å²) in [5.74, 6) is 0.0300. The zero-order chi connectivity index (χ0) is 14.8. The molecule has 2 fully saturated rings. The standard InChI is InChI=1S/C15H28N2O3/c1-5-15(6-2)12(9-13(15)19-4)16-14(18)11-10-17(3)7-8-20-11/h11-13H,5-10H2,1-4H3,(H,16,18)/t11-,12-,13+/m1/s1. The van der Waals surface area contributed by atoms with Crippen molar-refractivity contribution in [2.45, 2.75) is 51.4 Å². The fraction of sp³-hybridized carbons (Fsp3) is 0.933. The van der Waals surface area contributed by atoms with Gasteiger partial charge in [-0.3, -0.25) is 4.79 Å². The first kappa shape index (κ1) is 15.7. The van der Waals surface area contributed by atoms with E-state index in [0.29, 0.717) is 13.2 Å². The van der Waals surface area contributed by atoms with E-state index in [0.717, 1.165) is 25.8 Å². The van der Waals surface area contributed by atoms with Crippen LogP contribution < -0.4 is 5.32 Å². The van der Waals surface area contributed by atoms with E-state index in [1.54, 1.807) is 7.11 Å². The number of amides is 1. The second kappa shape index (κ2) is 6.41. The van der Waals surface area contributed by atoms with Gasteiger partial charge in [-0.05, 0) is 26.3 Å². The van der Waals surface area contributed by atoms with Crippen LogP contribution in [-0.2, 0) is 14.3 Å². The Labute approximate surface area is 122 Å². The molecule has 2 aliphatic rings. The fourth-order valence-electron chi connectivity index (χ4n) is 3.68. The molecule has 0 spiro atoms. The molecular formula is C15H28N2O3. The van der Waals surface area contributed by atoms with Crippen molar-refractivity contribution in [2.75, 3.05) is 33.9 Å². The van der Waals surface area contributed by atoms with E-state index in [1.807, 2.05) is 7.05 Å². The molecule has 1 amide bonds. The normalized spacial score (nSPS) is 33.5. The van der Waals surface area contributed by atoms with E-state index in [1.165, 1.54) is 0 Å². The third kappa shape index (κ3) is 2.71. The maximum absolute atomic E-state index is 12.4. The summed E-state index contributed by atoms with van der Waals surface area (Å²) in [4.78, 5) is 14.5. The van der Waals surface area contributed by atoms with E-state index in [9.17, 15) is 4.79 Å². The molecule has 1 aliphatic carbocycles. The van der Waals surface area contributed by atoms with Gasteiger partial charge in [0.25, 0.3) is 5.91 Å². The highest BCUT2D eigenvalue weighted by molar-refractivity contribution is 5.81. The molecule has 0 aromatic carbocycles. The van der Waals surface area contributed by atoms with E-state index in [4.69, 9.17) is 9.47 Å². The van der Waals surface area contributed by atoms with Crippen LogP contribution in [0, 0.1) is 5.41 Å². The topological polar surface area (TPSA) is 50.8 Å². The summed E-state index contributed by atoms with van der Waals surface area (Å²) in [6.45, 7) is 6.56. The van der Waals surface area contributed by atoms with Gasteiger partial charge in [-0.25, -0.2) is 0 Å². The minimum atomic E-state index is -0.332. The number of hydrogen-bond donors (Lipinski definition) is 1. The average molecular weight is 284 g/mol. The fourth-order valence-corrected chi connectivity index (χ4v) is 3.68. The minimum absolute atomic E-state index is 0.0300. The van der Waals surface area contributed by atoms with Crippen molar-refractivity contribution in [2.24, 2.45) is 5.41 Å². The monoisotopic (exact) mass is 284 g/mol. The van der Waals surface area contributed by atoms with Gasteiger partial charge >= 0.3 is 0 Å². The number of morpholine rings is 1. The lowest BCUT2D eigenvalue weighted by Crippen LogP contribution is -2.65. The summed E-state index contributed by atoms with van der Waals surface area (Å²) >= 11 is 0. The molecule has 3 atom stereocenters. The average Bonchev–Trinajstić information content (AvgIpc) is 2.44. The van der Waals surface area contributed by atoms with E-state index < -0.39 is 0 Å². The van der Waals surface area contributed by atoms with E-state index in [-0.39, 0.29) is 29.6 Å². The van der Waals surface area contributed by atoms with Crippen LogP contribution in [0.25, 0.3) is 0 Å². The summed E-state index contributed by atoms with van der Waals surface area (Å²) in [6.07, 6.45) is 2.89. The molecule has 0 radical (unpaired) electrons. The van der Waals surface area contributed by atoms with Crippen LogP contribution in [0.4, 0.5) is 0 Å². The largest absolute Gasteiger partial charge is 0.381 e. The Bertz CT molecular complexity index is 344. The van der Waals surface area contributed by atoms with Crippen molar-refractivity contribution < 1.29 is 14.3 Å². The zero-order valence-corrected chi connectivity index (χ0v) is 13.1. The number of nitrogens with zero attached hydrogens (tertiary/aromatic N) is 1. The highest BCUT2D eigenvalue weighted by Gasteiger charge is 2.53. The number of rotatable bonds is 5. The van der Waals surface area contributed by atoms with Crippen LogP contribution in [0.2, 0.25) is 0 Å². The lowest BCUT2D eigenvalue weighted by molar-refractivity contribution is -0.152. The van der Waals surface area contributed by atoms with Crippen molar-refractivity contribution >= 4 is 5.91 Å². The summed E-state index contributed by atoms with van der Waals surface area (Å²) in [7, 11) is 3.79. The summed E-state index contributed by atoms with van der Waals surface area (Å²) < 4.78 is 11.2. The number of likely N-dealkylation sites (N-methyl/N-ethyl adjacent to an activating group) is 1. The van der Waals surface area contributed by atoms with Crippen LogP contribution in [0.1, 0.15) is 33.1 Å². The zero-order valence-electron chi connectivity index (χ0n) is 13.1. The molecule has 5 heteroatoms. The lowest BCUT2D eigenvalue weighted by Gasteiger charge is -2.55. The molecule has 0 bridgehead atoms. The number of carbonyl (C=O) groups is 1. The van der Waals surface area contributed by atoms with Gasteiger partial charge in [-0.2, -0.15) is 0 Å². The second-order valence-corrected chi connectivity index (χ2v) is 6.08. The number of carbonyl (C=O) groups excluding carboxylic acids is 1. The first-order valence-corrected chi connectivity index (χ1v) is 7.70. The van der Waals surface area contributed by atoms with Crippen molar-refractivity contribution in [3.63, 3.8) is 0 Å². The van der Waals surface area contributed by atoms with Gasteiger partial charge in [0, 0.05) is 31.7 Å². The Kier molecular flexibility index (Phi) is 5.04. The number of hydrogen-bond acceptors (Lipinski definition) is 4. The third-order valence-corrected chi connectivity index (χ3v) is 5.26. The molecule has 1 N–H and O–H groups in total. The summed E-state index contributed by atoms with van der Waals surface area (Å²) in [6, 6.07) is 0.214. The van der Waals surface area contributed by atoms with Crippen LogP contribution in [-0.4, -0.2) is 62.9 Å². The molecule has 1 saturated carbocycles. The molecule has 20 heavy (non-hydrogen) atoms. The summed E-state index contributed by atoms with van der Waals surface area (Å²) in [5.41, 5.74) is 0.0883. The molecule has 5 nitrogen and oxygen atoms in total. The second-order valence-electron chi connectivity index (χ2n) is 6.08. The molecule has 0 unspecified atom stereocenters. The van der Waals surface area contributed by atoms with Gasteiger partial charge in [0.15, 0.2) is 0 Å². The predicted octanol–water partition coefficient (Wildman–Crippen LogP) is 1.03. The third-order valence-electron chi connectivity index (χ3n) is 5.26. The first-order valence-electron chi connectivity index (χ1n) is 7.70. The van der Waals surface area contributed by atoms with Crippen molar-refractivity contribution in [3.8, 4) is 0 Å². The highest BCUT2D eigenvalue weighted by Crippen LogP contribution is 2.48. The highest BCUT2D eigenvalue weighted by atomic mass is 16.5. The molecule has 0 aromatic heterocycles. The van der Waals surface area contributed by atoms with Gasteiger partial charge < -0.3 is 19.7 Å². The van der Waals surface area contributed by atoms with Crippen LogP contribution in [0.15, 0.2) is 0 Å². The number of ether oxygens (including phenoxy) is 2. The predicted molar refractivity (Wildman–Crippen MR) is 77.6 cm³/mol. The number of methoxy groups -OCH3 is 1. The van der Waals surface area contributed by atoms with Crippen LogP contribution in [0.3, 0.4) is 0 Å². The Morgan fingerprint density at radius 2 is 2.15 bits per heavy atom. The van der Waals surface area contributed by atoms with Crippen molar-refractivity contribution in [1.82, 2.24) is 10.2 Å². The first-order chi connectivity index (χ1) is 9.57. The van der Waals surface area contributed by atoms with E-state index in [2.05, 4.69) is 24.1 Å². The van der Waals surface area contributed by atoms with Gasteiger partial charge in [-0.1, -0.05) is 13.8 Å². The van der Waals surface area contributed by atoms with E-state index >= 15 is 0 Å². The molecule has 1 aliphatic heterocycles. The van der Waals surface area contributed by atoms with Crippen molar-refractivity contribution in [3.05, 3.63) is 0 Å². The van der Waals surface area contributed by atoms with Gasteiger partial charge in [-0.15, -0.1) is 0 Å². The summed E-state index contributed by atoms with van der Waals surface area (Å²) in [5, 5.41) is 3.19. The van der Waals surface area contributed by atoms with Gasteiger partial charge in [0.1, 0.15) is 6.10 Å². The van der Waals surface area contributed by atoms with Crippen molar-refractivity contribution in [1.29, 1.82) is 0 Å². The molecule has 2 rings (SSSR count). The Hall–Kier alpha value is -0.650. The molecule has 1 heterocycles. The van der Waals surface area contributed by atoms with Crippen LogP contribution >= 0.6 is 0 Å². The molecule has 1 saturated heterocycles. The van der Waals surface area contributed by atoms with Crippen LogP contribution in [0.5, 0.6) is 0 Å². The Balaban J connectivity index is 1.94. The van der Waals surface area contributed by atoms with Gasteiger partial charge in [0.2, 0.25) is 0 Å². The lowest BCUT2D eigenvalue weighted by atomic mass is 9.58. The molecule has 0 aromatic rings. The smallest absolute Gasteiger partial charge is 0.250 e. The molecule has 116 valence electrons. The molecular weight excluding hydrogens is 256 g/mol. The minimum Gasteiger partial charge on any atom is -0.381 e. The maximum atomic E-state index is 12.4.